The Bertz CT molecular complexity index is 1030. The van der Waals surface area contributed by atoms with E-state index in [0.29, 0.717) is 34.8 Å². The zero-order valence-corrected chi connectivity index (χ0v) is 17.7. The molecule has 30 heavy (non-hydrogen) atoms. The maximum Gasteiger partial charge on any atom is 0.338 e. The average Bonchev–Trinajstić information content (AvgIpc) is 2.77. The predicted molar refractivity (Wildman–Crippen MR) is 113 cm³/mol. The van der Waals surface area contributed by atoms with Gasteiger partial charge in [-0.3, -0.25) is 9.59 Å². The highest BCUT2D eigenvalue weighted by molar-refractivity contribution is 5.94. The molecule has 1 aliphatic carbocycles. The van der Waals surface area contributed by atoms with Crippen LogP contribution in [0.3, 0.4) is 0 Å². The molecule has 0 radical (unpaired) electrons. The molecule has 0 unspecified atom stereocenters. The molecule has 7 nitrogen and oxygen atoms in total. The van der Waals surface area contributed by atoms with Gasteiger partial charge in [-0.25, -0.2) is 9.78 Å². The van der Waals surface area contributed by atoms with Crippen LogP contribution >= 0.6 is 0 Å². The first kappa shape index (κ1) is 20.6. The molecule has 1 aromatic carbocycles. The minimum atomic E-state index is -0.550. The smallest absolute Gasteiger partial charge is 0.338 e. The number of fused-ring (bicyclic) bond motifs is 2. The van der Waals surface area contributed by atoms with Gasteiger partial charge in [0, 0.05) is 19.6 Å². The number of esters is 1. The summed E-state index contributed by atoms with van der Waals surface area (Å²) in [5, 5.41) is 0. The molecule has 7 heteroatoms. The Labute approximate surface area is 176 Å². The van der Waals surface area contributed by atoms with Crippen LogP contribution in [-0.4, -0.2) is 46.0 Å². The van der Waals surface area contributed by atoms with Gasteiger partial charge in [-0.1, -0.05) is 19.3 Å². The van der Waals surface area contributed by atoms with Crippen LogP contribution in [0, 0.1) is 18.8 Å². The number of likely N-dealkylation sites (tertiary alicyclic amines) is 1. The maximum absolute atomic E-state index is 12.6. The summed E-state index contributed by atoms with van der Waals surface area (Å²) in [4.78, 5) is 43.5. The van der Waals surface area contributed by atoms with Gasteiger partial charge in [0.1, 0.15) is 5.69 Å². The van der Waals surface area contributed by atoms with Crippen molar-refractivity contribution in [3.8, 4) is 0 Å². The first-order valence-corrected chi connectivity index (χ1v) is 10.9. The number of benzene rings is 1. The molecule has 2 atom stereocenters. The topological polar surface area (TPSA) is 81.5 Å². The van der Waals surface area contributed by atoms with Gasteiger partial charge < -0.3 is 14.2 Å². The molecule has 2 aromatic rings. The second kappa shape index (κ2) is 8.58. The van der Waals surface area contributed by atoms with E-state index in [0.717, 1.165) is 25.4 Å². The highest BCUT2D eigenvalue weighted by atomic mass is 16.5. The Morgan fingerprint density at radius 1 is 1.17 bits per heavy atom. The molecule has 2 heterocycles. The lowest BCUT2D eigenvalue weighted by atomic mass is 9.75. The zero-order valence-electron chi connectivity index (χ0n) is 17.7. The normalized spacial score (nSPS) is 21.3. The molecular weight excluding hydrogens is 382 g/mol. The van der Waals surface area contributed by atoms with Crippen molar-refractivity contribution >= 4 is 22.9 Å². The van der Waals surface area contributed by atoms with Crippen LogP contribution in [0.1, 0.15) is 55.1 Å². The third kappa shape index (κ3) is 3.98. The van der Waals surface area contributed by atoms with Crippen molar-refractivity contribution in [3.05, 3.63) is 39.8 Å². The summed E-state index contributed by atoms with van der Waals surface area (Å²) in [6, 6.07) is 4.94. The Hall–Kier alpha value is -2.70. The van der Waals surface area contributed by atoms with Crippen LogP contribution in [-0.2, 0) is 16.1 Å². The fourth-order valence-corrected chi connectivity index (χ4v) is 4.94. The molecular formula is C23H29N3O4. The number of amides is 1. The van der Waals surface area contributed by atoms with E-state index in [1.54, 1.807) is 29.7 Å². The number of aromatic nitrogens is 2. The molecule has 0 N–H and O–H groups in total. The molecule has 4 rings (SSSR count). The third-order valence-corrected chi connectivity index (χ3v) is 6.63. The fraction of sp³-hybridized carbons (Fsp3) is 0.565. The lowest BCUT2D eigenvalue weighted by Gasteiger charge is -2.41. The lowest BCUT2D eigenvalue weighted by Crippen LogP contribution is -2.46. The maximum atomic E-state index is 12.6. The van der Waals surface area contributed by atoms with Crippen LogP contribution < -0.4 is 5.56 Å². The number of hydrogen-bond donors (Lipinski definition) is 0. The van der Waals surface area contributed by atoms with E-state index in [1.807, 2.05) is 11.8 Å². The average molecular weight is 412 g/mol. The molecule has 1 saturated heterocycles. The van der Waals surface area contributed by atoms with E-state index in [-0.39, 0.29) is 18.1 Å². The zero-order chi connectivity index (χ0) is 21.3. The Morgan fingerprint density at radius 3 is 2.70 bits per heavy atom. The van der Waals surface area contributed by atoms with Gasteiger partial charge in [0.25, 0.3) is 11.5 Å². The van der Waals surface area contributed by atoms with Gasteiger partial charge in [0.15, 0.2) is 6.61 Å². The molecule has 0 bridgehead atoms. The standard InChI is InChI=1S/C23H29N3O4/c1-3-26-20-9-8-17(12-19(20)24-15(2)22(26)28)23(29)30-14-21(27)25-11-10-16-6-4-5-7-18(16)13-25/h8-9,12,16,18H,3-7,10-11,13-14H2,1-2H3/t16-,18+/m1/s1. The highest BCUT2D eigenvalue weighted by Crippen LogP contribution is 2.36. The molecule has 1 aromatic heterocycles. The van der Waals surface area contributed by atoms with Crippen LogP contribution in [0.25, 0.3) is 11.0 Å². The summed E-state index contributed by atoms with van der Waals surface area (Å²) in [6.07, 6.45) is 6.09. The molecule has 2 fully saturated rings. The van der Waals surface area contributed by atoms with Gasteiger partial charge in [-0.05, 0) is 56.7 Å². The molecule has 160 valence electrons. The third-order valence-electron chi connectivity index (χ3n) is 6.63. The minimum absolute atomic E-state index is 0.123. The number of rotatable bonds is 4. The van der Waals surface area contributed by atoms with Crippen molar-refractivity contribution in [3.63, 3.8) is 0 Å². The van der Waals surface area contributed by atoms with Crippen molar-refractivity contribution in [1.29, 1.82) is 0 Å². The van der Waals surface area contributed by atoms with E-state index < -0.39 is 5.97 Å². The summed E-state index contributed by atoms with van der Waals surface area (Å²) in [7, 11) is 0. The molecule has 0 spiro atoms. The quantitative estimate of drug-likeness (QED) is 0.723. The Kier molecular flexibility index (Phi) is 5.88. The summed E-state index contributed by atoms with van der Waals surface area (Å²) in [5.74, 6) is 0.672. The number of ether oxygens (including phenoxy) is 1. The van der Waals surface area contributed by atoms with Crippen molar-refractivity contribution in [2.24, 2.45) is 11.8 Å². The van der Waals surface area contributed by atoms with Crippen LogP contribution in [0.15, 0.2) is 23.0 Å². The van der Waals surface area contributed by atoms with E-state index in [9.17, 15) is 14.4 Å². The van der Waals surface area contributed by atoms with Crippen LogP contribution in [0.4, 0.5) is 0 Å². The SMILES string of the molecule is CCn1c(=O)c(C)nc2cc(C(=O)OCC(=O)N3CC[C@H]4CCCC[C@H]4C3)ccc21. The lowest BCUT2D eigenvalue weighted by molar-refractivity contribution is -0.137. The number of carbonyl (C=O) groups excluding carboxylic acids is 2. The van der Waals surface area contributed by atoms with Crippen molar-refractivity contribution in [2.75, 3.05) is 19.7 Å². The number of nitrogens with zero attached hydrogens (tertiary/aromatic N) is 3. The molecule has 1 saturated carbocycles. The van der Waals surface area contributed by atoms with Gasteiger partial charge in [0.2, 0.25) is 0 Å². The van der Waals surface area contributed by atoms with Crippen LogP contribution in [0.5, 0.6) is 0 Å². The number of hydrogen-bond acceptors (Lipinski definition) is 5. The second-order valence-electron chi connectivity index (χ2n) is 8.46. The number of piperidine rings is 1. The monoisotopic (exact) mass is 411 g/mol. The first-order chi connectivity index (χ1) is 14.5. The summed E-state index contributed by atoms with van der Waals surface area (Å²) < 4.78 is 6.94. The van der Waals surface area contributed by atoms with E-state index in [2.05, 4.69) is 4.98 Å². The summed E-state index contributed by atoms with van der Waals surface area (Å²) >= 11 is 0. The van der Waals surface area contributed by atoms with Gasteiger partial charge in [-0.2, -0.15) is 0 Å². The molecule has 1 aliphatic heterocycles. The van der Waals surface area contributed by atoms with Gasteiger partial charge >= 0.3 is 5.97 Å². The predicted octanol–water partition coefficient (Wildman–Crippen LogP) is 2.92. The second-order valence-corrected chi connectivity index (χ2v) is 8.46. The fourth-order valence-electron chi connectivity index (χ4n) is 4.94. The highest BCUT2D eigenvalue weighted by Gasteiger charge is 2.33. The van der Waals surface area contributed by atoms with Gasteiger partial charge in [-0.15, -0.1) is 0 Å². The summed E-state index contributed by atoms with van der Waals surface area (Å²) in [6.45, 7) is 5.38. The van der Waals surface area contributed by atoms with Crippen LogP contribution in [0.2, 0.25) is 0 Å². The Balaban J connectivity index is 1.41. The van der Waals surface area contributed by atoms with Gasteiger partial charge in [0.05, 0.1) is 16.6 Å². The number of aryl methyl sites for hydroxylation is 2. The number of carbonyl (C=O) groups is 2. The van der Waals surface area contributed by atoms with E-state index in [4.69, 9.17) is 4.74 Å². The molecule has 1 amide bonds. The van der Waals surface area contributed by atoms with E-state index >= 15 is 0 Å². The van der Waals surface area contributed by atoms with Crippen molar-refractivity contribution in [1.82, 2.24) is 14.5 Å². The van der Waals surface area contributed by atoms with Crippen molar-refractivity contribution < 1.29 is 14.3 Å². The largest absolute Gasteiger partial charge is 0.452 e. The van der Waals surface area contributed by atoms with E-state index in [1.165, 1.54) is 25.7 Å². The van der Waals surface area contributed by atoms with Crippen molar-refractivity contribution in [2.45, 2.75) is 52.5 Å². The molecule has 2 aliphatic rings. The minimum Gasteiger partial charge on any atom is -0.452 e. The Morgan fingerprint density at radius 2 is 1.93 bits per heavy atom. The first-order valence-electron chi connectivity index (χ1n) is 10.9. The summed E-state index contributed by atoms with van der Waals surface area (Å²) in [5.41, 5.74) is 1.82.